The van der Waals surface area contributed by atoms with E-state index >= 15 is 0 Å². The Labute approximate surface area is 652 Å². The highest BCUT2D eigenvalue weighted by molar-refractivity contribution is 6.24. The van der Waals surface area contributed by atoms with Crippen molar-refractivity contribution in [1.82, 2.24) is 19.9 Å². The Kier molecular flexibility index (Phi) is 18.4. The van der Waals surface area contributed by atoms with Crippen LogP contribution in [0.25, 0.3) is 199 Å². The van der Waals surface area contributed by atoms with Gasteiger partial charge < -0.3 is 0 Å². The van der Waals surface area contributed by atoms with Crippen molar-refractivity contribution in [2.75, 3.05) is 0 Å². The third-order valence-electron chi connectivity index (χ3n) is 21.5. The van der Waals surface area contributed by atoms with Crippen LogP contribution in [-0.4, -0.2) is 19.9 Å². The molecule has 0 aliphatic heterocycles. The fourth-order valence-electron chi connectivity index (χ4n) is 16.2. The van der Waals surface area contributed by atoms with E-state index in [9.17, 15) is 0 Å². The Balaban J connectivity index is 0.000000151. The second-order valence-corrected chi connectivity index (χ2v) is 28.4. The molecule has 4 nitrogen and oxygen atoms in total. The Bertz CT molecular complexity index is 6660. The van der Waals surface area contributed by atoms with E-state index in [1.807, 2.05) is 73.3 Å². The third kappa shape index (κ3) is 13.6. The van der Waals surface area contributed by atoms with Gasteiger partial charge in [-0.25, -0.2) is 0 Å². The molecule has 0 N–H and O–H groups in total. The van der Waals surface area contributed by atoms with E-state index in [1.54, 1.807) is 0 Å². The Morgan fingerprint density at radius 1 is 0.107 bits per heavy atom. The third-order valence-corrected chi connectivity index (χ3v) is 21.5. The number of hydrogen-bond acceptors (Lipinski definition) is 4. The van der Waals surface area contributed by atoms with Crippen LogP contribution in [0.4, 0.5) is 0 Å². The highest BCUT2D eigenvalue weighted by atomic mass is 14.7. The van der Waals surface area contributed by atoms with Crippen molar-refractivity contribution in [3.8, 4) is 156 Å². The van der Waals surface area contributed by atoms with Crippen molar-refractivity contribution in [2.24, 2.45) is 0 Å². The van der Waals surface area contributed by atoms with Crippen molar-refractivity contribution < 1.29 is 0 Å². The van der Waals surface area contributed by atoms with Crippen LogP contribution in [0, 0.1) is 0 Å². The maximum atomic E-state index is 4.71. The summed E-state index contributed by atoms with van der Waals surface area (Å²) in [6.07, 6.45) is 7.42. The van der Waals surface area contributed by atoms with Crippen LogP contribution in [-0.2, 0) is 0 Å². The molecule has 0 amide bonds. The summed E-state index contributed by atoms with van der Waals surface area (Å²) >= 11 is 0. The second-order valence-electron chi connectivity index (χ2n) is 28.4. The number of benzene rings is 16. The van der Waals surface area contributed by atoms with Crippen LogP contribution >= 0.6 is 0 Å². The topological polar surface area (TPSA) is 51.6 Å². The molecule has 0 saturated carbocycles. The summed E-state index contributed by atoms with van der Waals surface area (Å²) < 4.78 is 0. The lowest BCUT2D eigenvalue weighted by atomic mass is 9.84. The van der Waals surface area contributed by atoms with Gasteiger partial charge in [0.1, 0.15) is 0 Å². The molecule has 20 rings (SSSR count). The first-order valence-electron chi connectivity index (χ1n) is 38.1. The van der Waals surface area contributed by atoms with Gasteiger partial charge in [0.25, 0.3) is 0 Å². The van der Waals surface area contributed by atoms with Crippen LogP contribution in [0.15, 0.2) is 437 Å². The molecule has 0 radical (unpaired) electrons. The zero-order chi connectivity index (χ0) is 74.5. The predicted octanol–water partition coefficient (Wildman–Crippen LogP) is 28.9. The van der Waals surface area contributed by atoms with E-state index in [0.29, 0.717) is 0 Å². The van der Waals surface area contributed by atoms with Gasteiger partial charge in [0.05, 0.1) is 22.8 Å². The quantitative estimate of drug-likeness (QED) is 0.102. The summed E-state index contributed by atoms with van der Waals surface area (Å²) in [7, 11) is 0. The number of nitrogens with zero attached hydrogens (tertiary/aromatic N) is 4. The Hall–Kier alpha value is -14.8. The van der Waals surface area contributed by atoms with Gasteiger partial charge in [-0.05, 0) is 264 Å². The predicted molar refractivity (Wildman–Crippen MR) is 470 cm³/mol. The SMILES string of the molecule is c1ccc(-c2cc(-c3ccccc3)cc(-c3ccc4c(-c5ccc(-c6ccccn6)cc5)c5ccccc5c(-c5ccc(-c6ccccn6)cc5)c4c3)c2)cc1.c1ccc(-c2cc(-c3ccccc3)cc(-c3ccc4c(-c5cccc(-c6ccccn6)c5)c5ccccc5c(-c5cccc(-c6ccccn6)c5)c4c3)c2)cc1. The van der Waals surface area contributed by atoms with E-state index in [4.69, 9.17) is 9.97 Å². The average Bonchev–Trinajstić information content (AvgIpc) is 0.740. The molecule has 4 heteroatoms. The standard InChI is InChI=1S/2C54H36N2/c1-3-15-37(16-4-1)44-33-45(38-17-5-2-6-18-38)35-46(34-44)39-27-28-49-50(36-39)54(43-22-14-20-41(32-43)52-26-10-12-30-56-52)48-24-8-7-23-47(48)53(49)42-21-13-19-40(31-42)51-25-9-11-29-55-51;1-3-13-37(14-4-1)44-33-45(38-15-5-2-6-16-38)35-46(34-44)43-29-30-49-50(36-43)54(42-27-23-40(24-28-42)52-20-10-12-32-56-52)48-18-8-7-17-47(48)53(49)41-25-21-39(22-26-41)51-19-9-11-31-55-51/h2*1-36H. The molecule has 524 valence electrons. The number of rotatable bonds is 14. The van der Waals surface area contributed by atoms with Gasteiger partial charge in [0.15, 0.2) is 0 Å². The van der Waals surface area contributed by atoms with Crippen molar-refractivity contribution in [1.29, 1.82) is 0 Å². The summed E-state index contributed by atoms with van der Waals surface area (Å²) in [6, 6.07) is 148. The summed E-state index contributed by atoms with van der Waals surface area (Å²) in [4.78, 5) is 18.6. The number of hydrogen-bond donors (Lipinski definition) is 0. The van der Waals surface area contributed by atoms with Crippen molar-refractivity contribution in [3.05, 3.63) is 437 Å². The fraction of sp³-hybridized carbons (Fsp3) is 0. The molecule has 4 aromatic heterocycles. The highest BCUT2D eigenvalue weighted by Gasteiger charge is 2.22. The van der Waals surface area contributed by atoms with Gasteiger partial charge in [0.2, 0.25) is 0 Å². The lowest BCUT2D eigenvalue weighted by molar-refractivity contribution is 1.33. The average molecular weight is 1430 g/mol. The first kappa shape index (κ1) is 67.7. The van der Waals surface area contributed by atoms with Crippen molar-refractivity contribution in [2.45, 2.75) is 0 Å². The fourth-order valence-corrected chi connectivity index (χ4v) is 16.2. The molecule has 0 aliphatic rings. The monoisotopic (exact) mass is 1420 g/mol. The molecule has 0 saturated heterocycles. The zero-order valence-electron chi connectivity index (χ0n) is 61.4. The summed E-state index contributed by atoms with van der Waals surface area (Å²) in [5, 5.41) is 9.67. The maximum Gasteiger partial charge on any atom is 0.0702 e. The summed E-state index contributed by atoms with van der Waals surface area (Å²) in [6.45, 7) is 0. The molecule has 0 bridgehead atoms. The van der Waals surface area contributed by atoms with Gasteiger partial charge in [-0.1, -0.05) is 303 Å². The minimum atomic E-state index is 0.956. The molecule has 0 fully saturated rings. The van der Waals surface area contributed by atoms with Crippen LogP contribution < -0.4 is 0 Å². The van der Waals surface area contributed by atoms with E-state index in [2.05, 4.69) is 374 Å². The van der Waals surface area contributed by atoms with Crippen molar-refractivity contribution >= 4 is 43.1 Å². The van der Waals surface area contributed by atoms with Gasteiger partial charge >= 0.3 is 0 Å². The summed E-state index contributed by atoms with van der Waals surface area (Å²) in [5.74, 6) is 0. The first-order valence-corrected chi connectivity index (χ1v) is 38.1. The van der Waals surface area contributed by atoms with Crippen LogP contribution in [0.3, 0.4) is 0 Å². The van der Waals surface area contributed by atoms with E-state index in [-0.39, 0.29) is 0 Å². The molecule has 112 heavy (non-hydrogen) atoms. The van der Waals surface area contributed by atoms with E-state index in [0.717, 1.165) is 61.7 Å². The Morgan fingerprint density at radius 3 is 0.634 bits per heavy atom. The highest BCUT2D eigenvalue weighted by Crippen LogP contribution is 2.49. The Morgan fingerprint density at radius 2 is 0.321 bits per heavy atom. The number of aromatic nitrogens is 4. The van der Waals surface area contributed by atoms with Gasteiger partial charge in [-0.15, -0.1) is 0 Å². The second kappa shape index (κ2) is 30.4. The van der Waals surface area contributed by atoms with Gasteiger partial charge in [-0.2, -0.15) is 0 Å². The summed E-state index contributed by atoms with van der Waals surface area (Å²) in [5.41, 5.74) is 32.0. The zero-order valence-corrected chi connectivity index (χ0v) is 61.4. The smallest absolute Gasteiger partial charge is 0.0702 e. The van der Waals surface area contributed by atoms with Crippen LogP contribution in [0.5, 0.6) is 0 Å². The first-order chi connectivity index (χ1) is 55.5. The molecule has 0 atom stereocenters. The molecule has 4 heterocycles. The molecule has 0 unspecified atom stereocenters. The van der Waals surface area contributed by atoms with Crippen LogP contribution in [0.2, 0.25) is 0 Å². The normalized spacial score (nSPS) is 11.2. The lowest BCUT2D eigenvalue weighted by Crippen LogP contribution is -1.93. The largest absolute Gasteiger partial charge is 0.256 e. The molecule has 20 aromatic rings. The lowest BCUT2D eigenvalue weighted by Gasteiger charge is -2.20. The molecule has 16 aromatic carbocycles. The molecule has 0 spiro atoms. The number of fused-ring (bicyclic) bond motifs is 4. The van der Waals surface area contributed by atoms with Gasteiger partial charge in [-0.3, -0.25) is 19.9 Å². The maximum absolute atomic E-state index is 4.71. The molecular weight excluding hydrogens is 1350 g/mol. The minimum Gasteiger partial charge on any atom is -0.256 e. The minimum absolute atomic E-state index is 0.956. The van der Waals surface area contributed by atoms with E-state index in [1.165, 1.54) is 138 Å². The van der Waals surface area contributed by atoms with Crippen LogP contribution in [0.1, 0.15) is 0 Å². The van der Waals surface area contributed by atoms with E-state index < -0.39 is 0 Å². The van der Waals surface area contributed by atoms with Crippen molar-refractivity contribution in [3.63, 3.8) is 0 Å². The van der Waals surface area contributed by atoms with Gasteiger partial charge in [0, 0.05) is 47.0 Å². The molecular formula is C108H72N4. The molecule has 0 aliphatic carbocycles. The number of pyridine rings is 4.